The maximum Gasteiger partial charge on any atom is 0.243 e. The van der Waals surface area contributed by atoms with Gasteiger partial charge in [-0.1, -0.05) is 24.3 Å². The molecular weight excluding hydrogens is 352 g/mol. The molecule has 1 atom stereocenters. The number of sulfonamides is 1. The van der Waals surface area contributed by atoms with E-state index in [0.717, 1.165) is 12.2 Å². The lowest BCUT2D eigenvalue weighted by molar-refractivity contribution is 0.428. The zero-order valence-electron chi connectivity index (χ0n) is 14.1. The monoisotopic (exact) mass is 372 g/mol. The lowest BCUT2D eigenvalue weighted by atomic mass is 10.0. The van der Waals surface area contributed by atoms with Gasteiger partial charge < -0.3 is 0 Å². The molecule has 1 heterocycles. The Hall–Kier alpha value is -1.81. The van der Waals surface area contributed by atoms with Crippen LogP contribution in [0.2, 0.25) is 0 Å². The van der Waals surface area contributed by atoms with Crippen molar-refractivity contribution in [2.75, 3.05) is 18.8 Å². The molecule has 25 heavy (non-hydrogen) atoms. The summed E-state index contributed by atoms with van der Waals surface area (Å²) in [5, 5.41) is 9.19. The summed E-state index contributed by atoms with van der Waals surface area (Å²) in [7, 11) is -3.52. The van der Waals surface area contributed by atoms with Gasteiger partial charge >= 0.3 is 0 Å². The van der Waals surface area contributed by atoms with Crippen molar-refractivity contribution >= 4 is 21.8 Å². The summed E-state index contributed by atoms with van der Waals surface area (Å²) in [4.78, 5) is 0.255. The average molecular weight is 373 g/mol. The van der Waals surface area contributed by atoms with Crippen LogP contribution in [0.1, 0.15) is 28.4 Å². The van der Waals surface area contributed by atoms with Crippen LogP contribution in [0, 0.1) is 18.3 Å². The van der Waals surface area contributed by atoms with Crippen molar-refractivity contribution in [3.8, 4) is 6.07 Å². The van der Waals surface area contributed by atoms with Crippen LogP contribution in [-0.4, -0.2) is 31.6 Å². The molecule has 0 aliphatic carbocycles. The van der Waals surface area contributed by atoms with Gasteiger partial charge in [0.2, 0.25) is 10.0 Å². The minimum Gasteiger partial charge on any atom is -0.207 e. The molecule has 0 N–H and O–H groups in total. The summed E-state index contributed by atoms with van der Waals surface area (Å²) >= 11 is 1.82. The Labute approximate surface area is 153 Å². The fourth-order valence-electron chi connectivity index (χ4n) is 3.04. The van der Waals surface area contributed by atoms with Crippen LogP contribution in [0.3, 0.4) is 0 Å². The maximum absolute atomic E-state index is 12.9. The predicted molar refractivity (Wildman–Crippen MR) is 101 cm³/mol. The normalized spacial score (nSPS) is 19.1. The van der Waals surface area contributed by atoms with E-state index in [1.807, 2.05) is 30.0 Å². The van der Waals surface area contributed by atoms with Crippen molar-refractivity contribution in [3.05, 3.63) is 65.2 Å². The quantitative estimate of drug-likeness (QED) is 0.823. The minimum atomic E-state index is -3.52. The average Bonchev–Trinajstić information content (AvgIpc) is 2.89. The number of benzene rings is 2. The van der Waals surface area contributed by atoms with Gasteiger partial charge in [0.1, 0.15) is 0 Å². The first kappa shape index (κ1) is 18.0. The Morgan fingerprint density at radius 1 is 1.12 bits per heavy atom. The Morgan fingerprint density at radius 2 is 1.84 bits per heavy atom. The van der Waals surface area contributed by atoms with E-state index in [-0.39, 0.29) is 4.90 Å². The van der Waals surface area contributed by atoms with E-state index in [2.05, 4.69) is 19.1 Å². The standard InChI is InChI=1S/C19H20N2O2S2/c1-15-4-2-3-5-18(15)19-10-11-21(12-13-24-19)25(22,23)17-8-6-16(14-20)7-9-17/h2-9,19H,10-13H2,1H3/t19-/m1/s1. The Bertz CT molecular complexity index is 886. The molecule has 0 saturated carbocycles. The lowest BCUT2D eigenvalue weighted by Gasteiger charge is -2.20. The van der Waals surface area contributed by atoms with Crippen molar-refractivity contribution < 1.29 is 8.42 Å². The fraction of sp³-hybridized carbons (Fsp3) is 0.316. The molecule has 0 radical (unpaired) electrons. The second-order valence-corrected chi connectivity index (χ2v) is 9.29. The number of hydrogen-bond acceptors (Lipinski definition) is 4. The van der Waals surface area contributed by atoms with Gasteiger partial charge in [-0.15, -0.1) is 0 Å². The van der Waals surface area contributed by atoms with E-state index in [0.29, 0.717) is 23.9 Å². The number of aryl methyl sites for hydroxylation is 1. The highest BCUT2D eigenvalue weighted by Crippen LogP contribution is 2.36. The van der Waals surface area contributed by atoms with Crippen LogP contribution in [-0.2, 0) is 10.0 Å². The Morgan fingerprint density at radius 3 is 2.52 bits per heavy atom. The van der Waals surface area contributed by atoms with Gasteiger partial charge in [-0.3, -0.25) is 0 Å². The summed E-state index contributed by atoms with van der Waals surface area (Å²) in [6.45, 7) is 3.12. The molecule has 2 aromatic carbocycles. The molecule has 2 aromatic rings. The summed E-state index contributed by atoms with van der Waals surface area (Å²) in [6, 6.07) is 16.5. The molecule has 6 heteroatoms. The molecule has 0 spiro atoms. The summed E-state index contributed by atoms with van der Waals surface area (Å²) in [6.07, 6.45) is 0.797. The first-order valence-corrected chi connectivity index (χ1v) is 10.7. The maximum atomic E-state index is 12.9. The lowest BCUT2D eigenvalue weighted by Crippen LogP contribution is -2.33. The second-order valence-electron chi connectivity index (χ2n) is 6.04. The van der Waals surface area contributed by atoms with Crippen molar-refractivity contribution in [3.63, 3.8) is 0 Å². The van der Waals surface area contributed by atoms with Gasteiger partial charge in [0, 0.05) is 24.1 Å². The van der Waals surface area contributed by atoms with E-state index >= 15 is 0 Å². The van der Waals surface area contributed by atoms with Crippen molar-refractivity contribution in [1.29, 1.82) is 5.26 Å². The van der Waals surface area contributed by atoms with Gasteiger partial charge in [0.05, 0.1) is 16.5 Å². The second kappa shape index (κ2) is 7.61. The van der Waals surface area contributed by atoms with Crippen LogP contribution in [0.4, 0.5) is 0 Å². The number of thioether (sulfide) groups is 1. The van der Waals surface area contributed by atoms with E-state index in [4.69, 9.17) is 5.26 Å². The molecule has 0 bridgehead atoms. The molecule has 3 rings (SSSR count). The number of rotatable bonds is 3. The summed E-state index contributed by atoms with van der Waals surface area (Å²) < 4.78 is 27.3. The van der Waals surface area contributed by atoms with E-state index < -0.39 is 10.0 Å². The topological polar surface area (TPSA) is 61.2 Å². The van der Waals surface area contributed by atoms with Crippen molar-refractivity contribution in [2.45, 2.75) is 23.5 Å². The van der Waals surface area contributed by atoms with Gasteiger partial charge in [-0.05, 0) is 48.7 Å². The largest absolute Gasteiger partial charge is 0.243 e. The summed E-state index contributed by atoms with van der Waals surface area (Å²) in [5.41, 5.74) is 3.01. The Balaban J connectivity index is 1.78. The van der Waals surface area contributed by atoms with Gasteiger partial charge in [0.25, 0.3) is 0 Å². The third-order valence-electron chi connectivity index (χ3n) is 4.46. The van der Waals surface area contributed by atoms with Crippen LogP contribution < -0.4 is 0 Å². The number of nitrogens with zero attached hydrogens (tertiary/aromatic N) is 2. The van der Waals surface area contributed by atoms with Crippen LogP contribution in [0.15, 0.2) is 53.4 Å². The first-order chi connectivity index (χ1) is 12.0. The van der Waals surface area contributed by atoms with E-state index in [1.54, 1.807) is 16.4 Å². The van der Waals surface area contributed by atoms with Gasteiger partial charge in [0.15, 0.2) is 0 Å². The molecule has 4 nitrogen and oxygen atoms in total. The SMILES string of the molecule is Cc1ccccc1[C@H]1CCN(S(=O)(=O)c2ccc(C#N)cc2)CCS1. The van der Waals surface area contributed by atoms with Gasteiger partial charge in [-0.2, -0.15) is 21.3 Å². The van der Waals surface area contributed by atoms with E-state index in [1.165, 1.54) is 23.3 Å². The minimum absolute atomic E-state index is 0.255. The Kier molecular flexibility index (Phi) is 5.48. The molecule has 1 aliphatic rings. The third-order valence-corrected chi connectivity index (χ3v) is 7.68. The molecular formula is C19H20N2O2S2. The first-order valence-electron chi connectivity index (χ1n) is 8.20. The molecule has 1 fully saturated rings. The van der Waals surface area contributed by atoms with E-state index in [9.17, 15) is 8.42 Å². The summed E-state index contributed by atoms with van der Waals surface area (Å²) in [5.74, 6) is 0.772. The van der Waals surface area contributed by atoms with Crippen LogP contribution in [0.5, 0.6) is 0 Å². The smallest absolute Gasteiger partial charge is 0.207 e. The number of nitriles is 1. The molecule has 1 aliphatic heterocycles. The highest BCUT2D eigenvalue weighted by atomic mass is 32.2. The van der Waals surface area contributed by atoms with Crippen LogP contribution in [0.25, 0.3) is 0 Å². The zero-order chi connectivity index (χ0) is 17.9. The molecule has 0 unspecified atom stereocenters. The third kappa shape index (κ3) is 3.90. The molecule has 0 amide bonds. The zero-order valence-corrected chi connectivity index (χ0v) is 15.7. The van der Waals surface area contributed by atoms with Crippen LogP contribution >= 0.6 is 11.8 Å². The fourth-order valence-corrected chi connectivity index (χ4v) is 5.93. The molecule has 0 aromatic heterocycles. The van der Waals surface area contributed by atoms with Crippen molar-refractivity contribution in [2.24, 2.45) is 0 Å². The predicted octanol–water partition coefficient (Wildman–Crippen LogP) is 3.74. The highest BCUT2D eigenvalue weighted by molar-refractivity contribution is 7.99. The molecule has 130 valence electrons. The highest BCUT2D eigenvalue weighted by Gasteiger charge is 2.28. The number of hydrogen-bond donors (Lipinski definition) is 0. The molecule has 1 saturated heterocycles. The van der Waals surface area contributed by atoms with Gasteiger partial charge in [-0.25, -0.2) is 8.42 Å². The van der Waals surface area contributed by atoms with Crippen molar-refractivity contribution in [1.82, 2.24) is 4.31 Å².